The zero-order valence-electron chi connectivity index (χ0n) is 9.82. The molecule has 0 saturated carbocycles. The van der Waals surface area contributed by atoms with Crippen LogP contribution in [0, 0.1) is 0 Å². The van der Waals surface area contributed by atoms with Gasteiger partial charge in [-0.1, -0.05) is 12.1 Å². The Hall–Kier alpha value is -2.73. The standard InChI is InChI=1S/C13H9N3O2.H2O/c17-12(18)10-4-2-9(3-5-10)11-8-16-7-1-6-14-13(16)15-11;/h1-8H,(H,17,18);1H2. The fraction of sp³-hybridized carbons (Fsp3) is 0. The molecule has 6 heteroatoms. The number of benzene rings is 1. The summed E-state index contributed by atoms with van der Waals surface area (Å²) in [5.41, 5.74) is 1.90. The molecule has 6 nitrogen and oxygen atoms in total. The Balaban J connectivity index is 0.00000133. The molecule has 3 rings (SSSR count). The average Bonchev–Trinajstić information content (AvgIpc) is 2.82. The first-order chi connectivity index (χ1) is 8.74. The smallest absolute Gasteiger partial charge is 0.335 e. The van der Waals surface area contributed by atoms with Crippen molar-refractivity contribution < 1.29 is 15.4 Å². The first kappa shape index (κ1) is 12.7. The fourth-order valence-corrected chi connectivity index (χ4v) is 1.75. The van der Waals surface area contributed by atoms with Crippen molar-refractivity contribution in [3.63, 3.8) is 0 Å². The van der Waals surface area contributed by atoms with Crippen LogP contribution in [0.4, 0.5) is 0 Å². The van der Waals surface area contributed by atoms with Crippen LogP contribution in [0.1, 0.15) is 10.4 Å². The third-order valence-electron chi connectivity index (χ3n) is 2.66. The molecule has 0 fully saturated rings. The second-order valence-electron chi connectivity index (χ2n) is 3.84. The second kappa shape index (κ2) is 4.87. The van der Waals surface area contributed by atoms with Crippen molar-refractivity contribution in [1.29, 1.82) is 0 Å². The molecule has 3 aromatic rings. The molecule has 2 heterocycles. The Morgan fingerprint density at radius 1 is 1.21 bits per heavy atom. The normalized spacial score (nSPS) is 10.1. The lowest BCUT2D eigenvalue weighted by Crippen LogP contribution is -1.94. The number of rotatable bonds is 2. The maximum Gasteiger partial charge on any atom is 0.335 e. The molecule has 0 saturated heterocycles. The van der Waals surface area contributed by atoms with Gasteiger partial charge in [0.15, 0.2) is 0 Å². The highest BCUT2D eigenvalue weighted by atomic mass is 16.4. The number of carboxylic acids is 1. The highest BCUT2D eigenvalue weighted by molar-refractivity contribution is 5.88. The van der Waals surface area contributed by atoms with Gasteiger partial charge in [-0.25, -0.2) is 14.8 Å². The summed E-state index contributed by atoms with van der Waals surface area (Å²) in [5, 5.41) is 8.83. The molecule has 2 aromatic heterocycles. The Morgan fingerprint density at radius 3 is 2.58 bits per heavy atom. The first-order valence-electron chi connectivity index (χ1n) is 5.37. The largest absolute Gasteiger partial charge is 0.478 e. The van der Waals surface area contributed by atoms with Gasteiger partial charge in [-0.3, -0.25) is 4.40 Å². The monoisotopic (exact) mass is 257 g/mol. The zero-order chi connectivity index (χ0) is 12.5. The minimum Gasteiger partial charge on any atom is -0.478 e. The molecule has 0 aliphatic carbocycles. The summed E-state index contributed by atoms with van der Waals surface area (Å²) in [7, 11) is 0. The van der Waals surface area contributed by atoms with Gasteiger partial charge < -0.3 is 10.6 Å². The lowest BCUT2D eigenvalue weighted by Gasteiger charge is -1.97. The van der Waals surface area contributed by atoms with E-state index in [1.165, 1.54) is 0 Å². The SMILES string of the molecule is O.O=C(O)c1ccc(-c2cn3cccnc3n2)cc1. The average molecular weight is 257 g/mol. The predicted octanol–water partition coefficient (Wildman–Crippen LogP) is 1.27. The van der Waals surface area contributed by atoms with E-state index in [1.54, 1.807) is 30.5 Å². The molecule has 0 amide bonds. The van der Waals surface area contributed by atoms with Gasteiger partial charge in [-0.15, -0.1) is 0 Å². The van der Waals surface area contributed by atoms with E-state index in [0.717, 1.165) is 11.3 Å². The van der Waals surface area contributed by atoms with E-state index < -0.39 is 5.97 Å². The number of hydrogen-bond acceptors (Lipinski definition) is 3. The summed E-state index contributed by atoms with van der Waals surface area (Å²) in [5.74, 6) is -0.312. The maximum absolute atomic E-state index is 10.8. The van der Waals surface area contributed by atoms with Crippen molar-refractivity contribution in [3.8, 4) is 11.3 Å². The fourth-order valence-electron chi connectivity index (χ4n) is 1.75. The lowest BCUT2D eigenvalue weighted by molar-refractivity contribution is 0.0697. The highest BCUT2D eigenvalue weighted by Crippen LogP contribution is 2.18. The highest BCUT2D eigenvalue weighted by Gasteiger charge is 2.06. The van der Waals surface area contributed by atoms with Crippen LogP contribution >= 0.6 is 0 Å². The van der Waals surface area contributed by atoms with Crippen LogP contribution in [0.15, 0.2) is 48.9 Å². The van der Waals surface area contributed by atoms with Gasteiger partial charge in [-0.2, -0.15) is 0 Å². The quantitative estimate of drug-likeness (QED) is 0.747. The first-order valence-corrected chi connectivity index (χ1v) is 5.37. The molecule has 3 N–H and O–H groups in total. The zero-order valence-corrected chi connectivity index (χ0v) is 9.82. The second-order valence-corrected chi connectivity index (χ2v) is 3.84. The van der Waals surface area contributed by atoms with E-state index in [-0.39, 0.29) is 11.0 Å². The van der Waals surface area contributed by atoms with E-state index in [4.69, 9.17) is 5.11 Å². The number of carbonyl (C=O) groups is 1. The van der Waals surface area contributed by atoms with Crippen LogP contribution in [0.5, 0.6) is 0 Å². The van der Waals surface area contributed by atoms with Crippen molar-refractivity contribution in [2.45, 2.75) is 0 Å². The lowest BCUT2D eigenvalue weighted by atomic mass is 10.1. The van der Waals surface area contributed by atoms with Gasteiger partial charge in [-0.05, 0) is 18.2 Å². The van der Waals surface area contributed by atoms with E-state index in [1.807, 2.05) is 22.9 Å². The summed E-state index contributed by atoms with van der Waals surface area (Å²) >= 11 is 0. The Labute approximate surface area is 108 Å². The van der Waals surface area contributed by atoms with Gasteiger partial charge in [0.2, 0.25) is 5.78 Å². The number of aromatic nitrogens is 3. The Kier molecular flexibility index (Phi) is 3.26. The van der Waals surface area contributed by atoms with Crippen LogP contribution < -0.4 is 0 Å². The van der Waals surface area contributed by atoms with E-state index in [2.05, 4.69) is 9.97 Å². The molecule has 19 heavy (non-hydrogen) atoms. The van der Waals surface area contributed by atoms with E-state index >= 15 is 0 Å². The third-order valence-corrected chi connectivity index (χ3v) is 2.66. The van der Waals surface area contributed by atoms with Crippen LogP contribution in [0.25, 0.3) is 17.0 Å². The van der Waals surface area contributed by atoms with Crippen molar-refractivity contribution in [2.24, 2.45) is 0 Å². The maximum atomic E-state index is 10.8. The van der Waals surface area contributed by atoms with Crippen LogP contribution in [0.3, 0.4) is 0 Å². The number of imidazole rings is 1. The van der Waals surface area contributed by atoms with Crippen molar-refractivity contribution >= 4 is 11.7 Å². The number of hydrogen-bond donors (Lipinski definition) is 1. The van der Waals surface area contributed by atoms with Crippen LogP contribution in [0.2, 0.25) is 0 Å². The molecule has 0 atom stereocenters. The van der Waals surface area contributed by atoms with Crippen molar-refractivity contribution in [2.75, 3.05) is 0 Å². The number of nitrogens with zero attached hydrogens (tertiary/aromatic N) is 3. The summed E-state index contributed by atoms with van der Waals surface area (Å²) in [6.45, 7) is 0. The van der Waals surface area contributed by atoms with Gasteiger partial charge in [0.05, 0.1) is 11.3 Å². The Morgan fingerprint density at radius 2 is 1.95 bits per heavy atom. The molecule has 0 radical (unpaired) electrons. The predicted molar refractivity (Wildman–Crippen MR) is 69.0 cm³/mol. The molecule has 1 aromatic carbocycles. The van der Waals surface area contributed by atoms with Crippen LogP contribution in [-0.4, -0.2) is 30.9 Å². The topological polar surface area (TPSA) is 99.0 Å². The summed E-state index contributed by atoms with van der Waals surface area (Å²) in [6, 6.07) is 8.44. The minimum absolute atomic E-state index is 0. The van der Waals surface area contributed by atoms with Crippen molar-refractivity contribution in [3.05, 3.63) is 54.5 Å². The number of carboxylic acid groups (broad SMARTS) is 1. The summed E-state index contributed by atoms with van der Waals surface area (Å²) in [6.07, 6.45) is 5.40. The van der Waals surface area contributed by atoms with Crippen molar-refractivity contribution in [1.82, 2.24) is 14.4 Å². The molecule has 0 aliphatic heterocycles. The molecule has 96 valence electrons. The molecule has 0 bridgehead atoms. The molecular formula is C13H11N3O3. The number of fused-ring (bicyclic) bond motifs is 1. The molecular weight excluding hydrogens is 246 g/mol. The Bertz CT molecular complexity index is 686. The van der Waals surface area contributed by atoms with Crippen LogP contribution in [-0.2, 0) is 0 Å². The third kappa shape index (κ3) is 2.29. The van der Waals surface area contributed by atoms with Gasteiger partial charge in [0.1, 0.15) is 0 Å². The minimum atomic E-state index is -0.932. The van der Waals surface area contributed by atoms with Gasteiger partial charge in [0, 0.05) is 24.2 Å². The van der Waals surface area contributed by atoms with Gasteiger partial charge >= 0.3 is 5.97 Å². The van der Waals surface area contributed by atoms with Gasteiger partial charge in [0.25, 0.3) is 0 Å². The molecule has 0 aliphatic rings. The molecule has 0 unspecified atom stereocenters. The van der Waals surface area contributed by atoms with E-state index in [0.29, 0.717) is 5.78 Å². The van der Waals surface area contributed by atoms with E-state index in [9.17, 15) is 4.79 Å². The summed E-state index contributed by atoms with van der Waals surface area (Å²) < 4.78 is 1.82. The number of aromatic carboxylic acids is 1. The molecule has 0 spiro atoms. The summed E-state index contributed by atoms with van der Waals surface area (Å²) in [4.78, 5) is 19.3.